The number of benzene rings is 2. The Kier molecular flexibility index (Phi) is 6.45. The first-order valence-electron chi connectivity index (χ1n) is 13.1. The molecule has 0 saturated heterocycles. The summed E-state index contributed by atoms with van der Waals surface area (Å²) in [7, 11) is 0. The van der Waals surface area contributed by atoms with Crippen molar-refractivity contribution in [2.24, 2.45) is 5.41 Å². The minimum atomic E-state index is -1.50. The van der Waals surface area contributed by atoms with Crippen molar-refractivity contribution in [3.05, 3.63) is 75.7 Å². The van der Waals surface area contributed by atoms with Gasteiger partial charge < -0.3 is 16.1 Å². The van der Waals surface area contributed by atoms with Gasteiger partial charge in [0.2, 0.25) is 0 Å². The molecule has 2 aromatic carbocycles. The van der Waals surface area contributed by atoms with Gasteiger partial charge in [-0.15, -0.1) is 5.53 Å². The standard InChI is InChI=1S/C29H31ClN8/c1-17-18(12-31)6-5-7-22(17)28(25-15-38(37-36-25)21-8-9-21)35-20-10-23-26(34-16-29(2,3)4)19(13-32)14-33-27(23)24(30)11-20/h5-7,10-11,14-15,21,28,35-37H,8-9,16H2,1-4H3,(H,33,34)/t28-/m1/s1/i28D. The van der Waals surface area contributed by atoms with E-state index in [1.807, 2.05) is 30.3 Å². The SMILES string of the molecule is [2H][C@](Nc1cc(Cl)c2ncc(C#N)c(NCC(C)(C)C)c2c1)(C1=CN(C2CC2)NN1)c1cccc(C#N)c1C. The molecule has 5 rings (SSSR count). The van der Waals surface area contributed by atoms with Gasteiger partial charge in [-0.3, -0.25) is 9.99 Å². The number of hydrogen-bond acceptors (Lipinski definition) is 8. The summed E-state index contributed by atoms with van der Waals surface area (Å²) >= 11 is 6.74. The van der Waals surface area contributed by atoms with Gasteiger partial charge in [0.15, 0.2) is 0 Å². The van der Waals surface area contributed by atoms with Crippen LogP contribution in [0, 0.1) is 35.0 Å². The number of pyridine rings is 1. The van der Waals surface area contributed by atoms with Gasteiger partial charge in [0, 0.05) is 36.1 Å². The summed E-state index contributed by atoms with van der Waals surface area (Å²) in [6.07, 6.45) is 5.60. The van der Waals surface area contributed by atoms with E-state index in [1.165, 1.54) is 6.20 Å². The zero-order valence-corrected chi connectivity index (χ0v) is 22.7. The van der Waals surface area contributed by atoms with Gasteiger partial charge in [0.05, 0.1) is 46.5 Å². The van der Waals surface area contributed by atoms with Gasteiger partial charge >= 0.3 is 0 Å². The highest BCUT2D eigenvalue weighted by molar-refractivity contribution is 6.35. The van der Waals surface area contributed by atoms with Crippen LogP contribution in [0.15, 0.2) is 48.4 Å². The quantitative estimate of drug-likeness (QED) is 0.301. The van der Waals surface area contributed by atoms with Gasteiger partial charge in [-0.25, -0.2) is 0 Å². The van der Waals surface area contributed by atoms with Crippen LogP contribution in [0.25, 0.3) is 10.9 Å². The molecule has 38 heavy (non-hydrogen) atoms. The number of rotatable bonds is 7. The van der Waals surface area contributed by atoms with Crippen LogP contribution in [0.5, 0.6) is 0 Å². The van der Waals surface area contributed by atoms with Crippen molar-refractivity contribution in [3.63, 3.8) is 0 Å². The molecule has 1 aliphatic carbocycles. The summed E-state index contributed by atoms with van der Waals surface area (Å²) in [5.41, 5.74) is 10.9. The molecule has 0 bridgehead atoms. The van der Waals surface area contributed by atoms with E-state index in [4.69, 9.17) is 11.6 Å². The lowest BCUT2D eigenvalue weighted by Crippen LogP contribution is -2.38. The van der Waals surface area contributed by atoms with Crippen LogP contribution in [-0.4, -0.2) is 22.6 Å². The van der Waals surface area contributed by atoms with Gasteiger partial charge in [-0.2, -0.15) is 10.5 Å². The van der Waals surface area contributed by atoms with Gasteiger partial charge in [-0.1, -0.05) is 44.5 Å². The molecule has 0 spiro atoms. The van der Waals surface area contributed by atoms with Crippen molar-refractivity contribution in [3.8, 4) is 12.1 Å². The summed E-state index contributed by atoms with van der Waals surface area (Å²) in [6, 6.07) is 12.4. The molecule has 1 aromatic heterocycles. The van der Waals surface area contributed by atoms with Crippen molar-refractivity contribution in [1.29, 1.82) is 10.5 Å². The van der Waals surface area contributed by atoms with Crippen LogP contribution in [0.4, 0.5) is 11.4 Å². The summed E-state index contributed by atoms with van der Waals surface area (Å²) in [5.74, 6) is 0. The third-order valence-electron chi connectivity index (χ3n) is 6.63. The Hall–Kier alpha value is -3.98. The molecule has 9 heteroatoms. The highest BCUT2D eigenvalue weighted by atomic mass is 35.5. The van der Waals surface area contributed by atoms with E-state index >= 15 is 0 Å². The van der Waals surface area contributed by atoms with E-state index in [-0.39, 0.29) is 5.41 Å². The zero-order chi connectivity index (χ0) is 27.9. The third-order valence-corrected chi connectivity index (χ3v) is 6.92. The van der Waals surface area contributed by atoms with Crippen molar-refractivity contribution in [2.45, 2.75) is 52.6 Å². The normalized spacial score (nSPS) is 17.1. The maximum Gasteiger partial charge on any atom is 0.103 e. The van der Waals surface area contributed by atoms with Crippen molar-refractivity contribution < 1.29 is 1.37 Å². The van der Waals surface area contributed by atoms with E-state index < -0.39 is 6.02 Å². The predicted octanol–water partition coefficient (Wildman–Crippen LogP) is 5.88. The molecule has 0 unspecified atom stereocenters. The van der Waals surface area contributed by atoms with E-state index in [2.05, 4.69) is 59.5 Å². The van der Waals surface area contributed by atoms with Crippen LogP contribution in [0.2, 0.25) is 5.02 Å². The molecular formula is C29H31ClN8. The minimum Gasteiger partial charge on any atom is -0.383 e. The highest BCUT2D eigenvalue weighted by Gasteiger charge is 2.33. The second kappa shape index (κ2) is 10.1. The van der Waals surface area contributed by atoms with Crippen LogP contribution < -0.4 is 21.6 Å². The van der Waals surface area contributed by atoms with E-state index in [1.54, 1.807) is 18.2 Å². The number of halogens is 1. The Morgan fingerprint density at radius 1 is 1.24 bits per heavy atom. The number of fused-ring (bicyclic) bond motifs is 1. The first-order chi connectivity index (χ1) is 18.5. The third kappa shape index (κ3) is 5.19. The molecule has 1 atom stereocenters. The molecule has 3 aromatic rings. The molecule has 194 valence electrons. The topological polar surface area (TPSA) is 112 Å². The maximum absolute atomic E-state index is 9.82. The number of hydrazine groups is 2. The van der Waals surface area contributed by atoms with Gasteiger partial charge in [0.25, 0.3) is 0 Å². The Balaban J connectivity index is 1.64. The average molecular weight is 528 g/mol. The number of anilines is 2. The number of nitrogens with one attached hydrogen (secondary N) is 4. The molecule has 4 N–H and O–H groups in total. The monoisotopic (exact) mass is 527 g/mol. The Morgan fingerprint density at radius 3 is 2.68 bits per heavy atom. The molecule has 1 saturated carbocycles. The molecule has 2 heterocycles. The maximum atomic E-state index is 9.82. The summed E-state index contributed by atoms with van der Waals surface area (Å²) in [4.78, 5) is 4.46. The summed E-state index contributed by atoms with van der Waals surface area (Å²) < 4.78 is 9.79. The number of hydrogen-bond donors (Lipinski definition) is 4. The highest BCUT2D eigenvalue weighted by Crippen LogP contribution is 2.37. The smallest absolute Gasteiger partial charge is 0.103 e. The molecule has 2 aliphatic rings. The zero-order valence-electron chi connectivity index (χ0n) is 22.9. The Bertz CT molecular complexity index is 1560. The fourth-order valence-electron chi connectivity index (χ4n) is 4.42. The van der Waals surface area contributed by atoms with Crippen molar-refractivity contribution in [1.82, 2.24) is 21.0 Å². The first-order valence-corrected chi connectivity index (χ1v) is 13.0. The summed E-state index contributed by atoms with van der Waals surface area (Å²) in [5, 5.41) is 29.4. The molecule has 1 fully saturated rings. The Labute approximate surface area is 229 Å². The minimum absolute atomic E-state index is 0.0252. The fraction of sp³-hybridized carbons (Fsp3) is 0.345. The largest absolute Gasteiger partial charge is 0.383 e. The Morgan fingerprint density at radius 2 is 2.00 bits per heavy atom. The van der Waals surface area contributed by atoms with Crippen LogP contribution in [-0.2, 0) is 0 Å². The molecular weight excluding hydrogens is 496 g/mol. The number of nitriles is 2. The van der Waals surface area contributed by atoms with E-state index in [0.717, 1.165) is 12.8 Å². The molecule has 8 nitrogen and oxygen atoms in total. The lowest BCUT2D eigenvalue weighted by atomic mass is 9.95. The first kappa shape index (κ1) is 24.4. The van der Waals surface area contributed by atoms with Crippen LogP contribution in [0.1, 0.15) is 63.3 Å². The van der Waals surface area contributed by atoms with Gasteiger partial charge in [0.1, 0.15) is 6.07 Å². The van der Waals surface area contributed by atoms with Crippen molar-refractivity contribution >= 4 is 33.9 Å². The molecule has 1 aliphatic heterocycles. The summed E-state index contributed by atoms with van der Waals surface area (Å²) in [6.45, 7) is 8.83. The van der Waals surface area contributed by atoms with Gasteiger partial charge in [-0.05, 0) is 54.5 Å². The second-order valence-corrected chi connectivity index (χ2v) is 11.3. The lowest BCUT2D eigenvalue weighted by Gasteiger charge is -2.24. The van der Waals surface area contributed by atoms with Crippen molar-refractivity contribution in [2.75, 3.05) is 17.2 Å². The molecule has 0 amide bonds. The lowest BCUT2D eigenvalue weighted by molar-refractivity contribution is 0.260. The fourth-order valence-corrected chi connectivity index (χ4v) is 4.69. The van der Waals surface area contributed by atoms with E-state index in [9.17, 15) is 11.9 Å². The predicted molar refractivity (Wildman–Crippen MR) is 151 cm³/mol. The molecule has 0 radical (unpaired) electrons. The second-order valence-electron chi connectivity index (χ2n) is 10.9. The number of aromatic nitrogens is 1. The average Bonchev–Trinajstić information content (AvgIpc) is 3.62. The van der Waals surface area contributed by atoms with E-state index in [0.29, 0.717) is 67.8 Å². The number of nitrogens with zero attached hydrogens (tertiary/aromatic N) is 4. The van der Waals surface area contributed by atoms with Crippen LogP contribution in [0.3, 0.4) is 0 Å². The van der Waals surface area contributed by atoms with Crippen LogP contribution >= 0.6 is 11.6 Å².